The second kappa shape index (κ2) is 6.88. The molecular formula is C15H23NS2. The van der Waals surface area contributed by atoms with Crippen molar-refractivity contribution in [3.63, 3.8) is 0 Å². The van der Waals surface area contributed by atoms with E-state index < -0.39 is 0 Å². The maximum atomic E-state index is 3.69. The molecule has 18 heavy (non-hydrogen) atoms. The predicted molar refractivity (Wildman–Crippen MR) is 85.8 cm³/mol. The van der Waals surface area contributed by atoms with Gasteiger partial charge in [0.1, 0.15) is 0 Å². The quantitative estimate of drug-likeness (QED) is 0.899. The Balaban J connectivity index is 2.21. The van der Waals surface area contributed by atoms with Gasteiger partial charge in [-0.05, 0) is 19.0 Å². The van der Waals surface area contributed by atoms with Crippen LogP contribution < -0.4 is 5.32 Å². The second-order valence-corrected chi connectivity index (χ2v) is 7.63. The van der Waals surface area contributed by atoms with Crippen LogP contribution in [0.2, 0.25) is 0 Å². The molecule has 0 radical (unpaired) electrons. The zero-order valence-electron chi connectivity index (χ0n) is 11.5. The lowest BCUT2D eigenvalue weighted by Crippen LogP contribution is -2.37. The maximum Gasteiger partial charge on any atom is 0.0451 e. The summed E-state index contributed by atoms with van der Waals surface area (Å²) in [6, 6.07) is 9.45. The molecule has 1 aromatic rings. The highest BCUT2D eigenvalue weighted by Gasteiger charge is 2.30. The topological polar surface area (TPSA) is 12.0 Å². The van der Waals surface area contributed by atoms with E-state index in [2.05, 4.69) is 73.9 Å². The van der Waals surface area contributed by atoms with E-state index >= 15 is 0 Å². The van der Waals surface area contributed by atoms with Gasteiger partial charge in [-0.25, -0.2) is 0 Å². The van der Waals surface area contributed by atoms with Crippen LogP contribution in [0.1, 0.15) is 31.0 Å². The van der Waals surface area contributed by atoms with Gasteiger partial charge in [0.05, 0.1) is 0 Å². The first-order valence-corrected chi connectivity index (χ1v) is 8.85. The molecule has 0 spiro atoms. The van der Waals surface area contributed by atoms with E-state index in [0.29, 0.717) is 11.3 Å². The Kier molecular flexibility index (Phi) is 5.46. The highest BCUT2D eigenvalue weighted by atomic mass is 32.2. The van der Waals surface area contributed by atoms with Crippen molar-refractivity contribution in [2.24, 2.45) is 0 Å². The van der Waals surface area contributed by atoms with Crippen molar-refractivity contribution in [2.45, 2.75) is 37.3 Å². The number of thioether (sulfide) groups is 2. The van der Waals surface area contributed by atoms with Gasteiger partial charge < -0.3 is 5.32 Å². The number of nitrogens with one attached hydrogen (secondary N) is 1. The van der Waals surface area contributed by atoms with Crippen LogP contribution in [0.15, 0.2) is 24.3 Å². The van der Waals surface area contributed by atoms with E-state index in [0.717, 1.165) is 11.8 Å². The van der Waals surface area contributed by atoms with Crippen LogP contribution in [-0.2, 0) is 0 Å². The maximum absolute atomic E-state index is 3.69. The summed E-state index contributed by atoms with van der Waals surface area (Å²) in [5, 5.41) is 5.11. The summed E-state index contributed by atoms with van der Waals surface area (Å²) in [5.41, 5.74) is 2.81. The molecule has 1 saturated heterocycles. The van der Waals surface area contributed by atoms with Gasteiger partial charge >= 0.3 is 0 Å². The molecule has 100 valence electrons. The molecule has 3 unspecified atom stereocenters. The van der Waals surface area contributed by atoms with Gasteiger partial charge in [0.15, 0.2) is 0 Å². The van der Waals surface area contributed by atoms with Crippen molar-refractivity contribution in [3.8, 4) is 0 Å². The molecule has 0 aromatic heterocycles. The van der Waals surface area contributed by atoms with Gasteiger partial charge in [-0.1, -0.05) is 43.7 Å². The van der Waals surface area contributed by atoms with Crippen molar-refractivity contribution in [1.82, 2.24) is 5.32 Å². The third-order valence-corrected chi connectivity index (χ3v) is 6.59. The summed E-state index contributed by atoms with van der Waals surface area (Å²) < 4.78 is 0. The van der Waals surface area contributed by atoms with Crippen molar-refractivity contribution in [2.75, 3.05) is 18.1 Å². The summed E-state index contributed by atoms with van der Waals surface area (Å²) in [6.07, 6.45) is 0. The standard InChI is InChI=1S/C15H23NS2/c1-4-16-14(13-7-5-6-11(2)10-13)15-12(3)17-8-9-18-15/h5-7,10,12,14-16H,4,8-9H2,1-3H3. The van der Waals surface area contributed by atoms with Crippen molar-refractivity contribution in [3.05, 3.63) is 35.4 Å². The first-order chi connectivity index (χ1) is 8.72. The lowest BCUT2D eigenvalue weighted by molar-refractivity contribution is 0.525. The van der Waals surface area contributed by atoms with E-state index in [1.807, 2.05) is 0 Å². The molecule has 2 rings (SSSR count). The Hall–Kier alpha value is -0.120. The molecule has 0 bridgehead atoms. The molecule has 0 saturated carbocycles. The van der Waals surface area contributed by atoms with E-state index in [9.17, 15) is 0 Å². The fourth-order valence-electron chi connectivity index (χ4n) is 2.52. The summed E-state index contributed by atoms with van der Waals surface area (Å²) >= 11 is 4.26. The lowest BCUT2D eigenvalue weighted by atomic mass is 10.00. The Morgan fingerprint density at radius 3 is 2.78 bits per heavy atom. The number of rotatable bonds is 4. The SMILES string of the molecule is CCNC(c1cccc(C)c1)C1SCCSC1C. The minimum absolute atomic E-state index is 0.489. The zero-order valence-corrected chi connectivity index (χ0v) is 13.1. The number of hydrogen-bond donors (Lipinski definition) is 1. The van der Waals surface area contributed by atoms with Crippen LogP contribution in [0, 0.1) is 6.92 Å². The molecule has 1 heterocycles. The highest BCUT2D eigenvalue weighted by Crippen LogP contribution is 2.38. The van der Waals surface area contributed by atoms with E-state index in [1.54, 1.807) is 0 Å². The van der Waals surface area contributed by atoms with Crippen molar-refractivity contribution < 1.29 is 0 Å². The molecule has 1 fully saturated rings. The Morgan fingerprint density at radius 1 is 1.33 bits per heavy atom. The third-order valence-electron chi connectivity index (χ3n) is 3.39. The van der Waals surface area contributed by atoms with Gasteiger partial charge in [-0.15, -0.1) is 0 Å². The smallest absolute Gasteiger partial charge is 0.0451 e. The summed E-state index contributed by atoms with van der Waals surface area (Å²) in [4.78, 5) is 0. The zero-order chi connectivity index (χ0) is 13.0. The van der Waals surface area contributed by atoms with Crippen LogP contribution in [0.5, 0.6) is 0 Å². The highest BCUT2D eigenvalue weighted by molar-refractivity contribution is 8.07. The summed E-state index contributed by atoms with van der Waals surface area (Å²) in [7, 11) is 0. The molecule has 0 amide bonds. The van der Waals surface area contributed by atoms with E-state index in [4.69, 9.17) is 0 Å². The Labute approximate surface area is 120 Å². The summed E-state index contributed by atoms with van der Waals surface area (Å²) in [5.74, 6) is 2.59. The molecule has 3 heteroatoms. The number of aryl methyl sites for hydroxylation is 1. The second-order valence-electron chi connectivity index (χ2n) is 4.86. The van der Waals surface area contributed by atoms with Crippen molar-refractivity contribution >= 4 is 23.5 Å². The predicted octanol–water partition coefficient (Wildman–Crippen LogP) is 3.88. The van der Waals surface area contributed by atoms with Gasteiger partial charge in [-0.3, -0.25) is 0 Å². The van der Waals surface area contributed by atoms with Crippen LogP contribution in [0.4, 0.5) is 0 Å². The minimum atomic E-state index is 0.489. The van der Waals surface area contributed by atoms with Gasteiger partial charge in [0, 0.05) is 28.0 Å². The molecule has 0 aliphatic carbocycles. The Morgan fingerprint density at radius 2 is 2.11 bits per heavy atom. The first-order valence-electron chi connectivity index (χ1n) is 6.75. The van der Waals surface area contributed by atoms with Crippen LogP contribution in [0.3, 0.4) is 0 Å². The normalized spacial score (nSPS) is 25.9. The molecule has 1 N–H and O–H groups in total. The molecule has 3 atom stereocenters. The molecule has 1 nitrogen and oxygen atoms in total. The fourth-order valence-corrected chi connectivity index (χ4v) is 5.47. The number of hydrogen-bond acceptors (Lipinski definition) is 3. The largest absolute Gasteiger partial charge is 0.309 e. The van der Waals surface area contributed by atoms with Gasteiger partial charge in [0.25, 0.3) is 0 Å². The summed E-state index contributed by atoms with van der Waals surface area (Å²) in [6.45, 7) is 7.79. The fraction of sp³-hybridized carbons (Fsp3) is 0.600. The first kappa shape index (κ1) is 14.3. The molecule has 1 aliphatic heterocycles. The molecular weight excluding hydrogens is 258 g/mol. The average Bonchev–Trinajstić information content (AvgIpc) is 2.37. The lowest BCUT2D eigenvalue weighted by Gasteiger charge is -2.35. The van der Waals surface area contributed by atoms with Gasteiger partial charge in [-0.2, -0.15) is 23.5 Å². The Bertz CT molecular complexity index is 381. The monoisotopic (exact) mass is 281 g/mol. The van der Waals surface area contributed by atoms with Crippen molar-refractivity contribution in [1.29, 1.82) is 0 Å². The molecule has 1 aromatic carbocycles. The van der Waals surface area contributed by atoms with Crippen LogP contribution in [-0.4, -0.2) is 28.6 Å². The average molecular weight is 281 g/mol. The van der Waals surface area contributed by atoms with Crippen LogP contribution in [0.25, 0.3) is 0 Å². The molecule has 1 aliphatic rings. The number of benzene rings is 1. The van der Waals surface area contributed by atoms with Crippen LogP contribution >= 0.6 is 23.5 Å². The minimum Gasteiger partial charge on any atom is -0.309 e. The third kappa shape index (κ3) is 3.46. The van der Waals surface area contributed by atoms with E-state index in [-0.39, 0.29) is 0 Å². The van der Waals surface area contributed by atoms with Gasteiger partial charge in [0.2, 0.25) is 0 Å². The van der Waals surface area contributed by atoms with E-state index in [1.165, 1.54) is 22.6 Å².